The van der Waals surface area contributed by atoms with Crippen molar-refractivity contribution in [1.29, 1.82) is 0 Å². The molecule has 1 aromatic carbocycles. The molecule has 0 aliphatic rings. The third-order valence-electron chi connectivity index (χ3n) is 3.51. The van der Waals surface area contributed by atoms with E-state index in [-0.39, 0.29) is 5.91 Å². The molecule has 2 rings (SSSR count). The van der Waals surface area contributed by atoms with Crippen LogP contribution in [-0.2, 0) is 11.2 Å². The fraction of sp³-hybridized carbons (Fsp3) is 0.389. The molecule has 2 aromatic rings. The van der Waals surface area contributed by atoms with Crippen molar-refractivity contribution in [2.45, 2.75) is 19.8 Å². The molecule has 1 amide bonds. The first-order chi connectivity index (χ1) is 12.1. The van der Waals surface area contributed by atoms with Crippen LogP contribution in [0.4, 0.5) is 5.82 Å². The highest BCUT2D eigenvalue weighted by Crippen LogP contribution is 2.11. The minimum atomic E-state index is -0.206. The van der Waals surface area contributed by atoms with Crippen molar-refractivity contribution in [3.8, 4) is 0 Å². The lowest BCUT2D eigenvalue weighted by Gasteiger charge is -2.09. The van der Waals surface area contributed by atoms with Gasteiger partial charge in [0, 0.05) is 37.9 Å². The van der Waals surface area contributed by atoms with Crippen molar-refractivity contribution in [2.75, 3.05) is 32.1 Å². The van der Waals surface area contributed by atoms with Crippen LogP contribution in [-0.4, -0.2) is 42.7 Å². The molecule has 0 aliphatic heterocycles. The number of methoxy groups -OCH3 is 1. The Labute approximate surface area is 153 Å². The summed E-state index contributed by atoms with van der Waals surface area (Å²) in [6, 6.07) is 9.40. The lowest BCUT2D eigenvalue weighted by Crippen LogP contribution is -2.26. The van der Waals surface area contributed by atoms with Crippen LogP contribution < -0.4 is 10.6 Å². The summed E-state index contributed by atoms with van der Waals surface area (Å²) in [6.07, 6.45) is 1.59. The molecule has 0 aliphatic carbocycles. The Bertz CT molecular complexity index is 692. The number of aryl methyl sites for hydroxylation is 1. The number of carbonyl (C=O) groups excluding carboxylic acids is 1. The van der Waals surface area contributed by atoms with Crippen molar-refractivity contribution in [1.82, 2.24) is 15.3 Å². The minimum absolute atomic E-state index is 0.206. The van der Waals surface area contributed by atoms with Crippen molar-refractivity contribution < 1.29 is 9.53 Å². The van der Waals surface area contributed by atoms with Gasteiger partial charge in [0.2, 0.25) is 0 Å². The average Bonchev–Trinajstić information content (AvgIpc) is 2.60. The van der Waals surface area contributed by atoms with Gasteiger partial charge in [-0.05, 0) is 37.5 Å². The molecule has 0 spiro atoms. The fourth-order valence-electron chi connectivity index (χ4n) is 2.27. The third-order valence-corrected chi connectivity index (χ3v) is 3.77. The van der Waals surface area contributed by atoms with E-state index in [1.807, 2.05) is 24.3 Å². The van der Waals surface area contributed by atoms with Crippen LogP contribution >= 0.6 is 11.6 Å². The Morgan fingerprint density at radius 2 is 1.96 bits per heavy atom. The second-order valence-electron chi connectivity index (χ2n) is 5.59. The molecule has 0 fully saturated rings. The van der Waals surface area contributed by atoms with Crippen LogP contribution in [0.3, 0.4) is 0 Å². The number of rotatable bonds is 9. The summed E-state index contributed by atoms with van der Waals surface area (Å²) in [5.41, 5.74) is 1.54. The number of nitrogens with one attached hydrogen (secondary N) is 2. The van der Waals surface area contributed by atoms with Crippen molar-refractivity contribution in [3.63, 3.8) is 0 Å². The zero-order valence-electron chi connectivity index (χ0n) is 14.5. The highest BCUT2D eigenvalue weighted by Gasteiger charge is 2.10. The maximum Gasteiger partial charge on any atom is 0.270 e. The van der Waals surface area contributed by atoms with Gasteiger partial charge in [0.05, 0.1) is 0 Å². The smallest absolute Gasteiger partial charge is 0.270 e. The van der Waals surface area contributed by atoms with Gasteiger partial charge in [-0.25, -0.2) is 9.97 Å². The van der Waals surface area contributed by atoms with Crippen molar-refractivity contribution in [3.05, 3.63) is 52.4 Å². The van der Waals surface area contributed by atoms with E-state index in [0.717, 1.165) is 17.9 Å². The quantitative estimate of drug-likeness (QED) is 0.671. The lowest BCUT2D eigenvalue weighted by atomic mass is 10.1. The molecule has 0 radical (unpaired) electrons. The first kappa shape index (κ1) is 19.1. The molecule has 0 saturated heterocycles. The Hall–Kier alpha value is -2.18. The standard InChI is InChI=1S/C18H23ClN4O2/c1-13-22-16(18(24)21-9-3-11-25-2)12-17(23-13)20-10-8-14-4-6-15(19)7-5-14/h4-7,12H,3,8-11H2,1-2H3,(H,21,24)(H,20,22,23). The molecule has 0 saturated carbocycles. The molecule has 0 unspecified atom stereocenters. The van der Waals surface area contributed by atoms with Gasteiger partial charge in [0.25, 0.3) is 5.91 Å². The summed E-state index contributed by atoms with van der Waals surface area (Å²) < 4.78 is 4.96. The summed E-state index contributed by atoms with van der Waals surface area (Å²) in [4.78, 5) is 20.7. The largest absolute Gasteiger partial charge is 0.385 e. The number of amides is 1. The van der Waals surface area contributed by atoms with E-state index in [1.165, 1.54) is 5.56 Å². The molecule has 1 heterocycles. The second kappa shape index (κ2) is 9.96. The Morgan fingerprint density at radius 1 is 1.20 bits per heavy atom. The van der Waals surface area contributed by atoms with E-state index >= 15 is 0 Å². The second-order valence-corrected chi connectivity index (χ2v) is 6.03. The molecule has 1 aromatic heterocycles. The number of hydrogen-bond acceptors (Lipinski definition) is 5. The normalized spacial score (nSPS) is 10.5. The van der Waals surface area contributed by atoms with E-state index in [2.05, 4.69) is 20.6 Å². The number of anilines is 1. The Balaban J connectivity index is 1.89. The number of hydrogen-bond donors (Lipinski definition) is 2. The molecule has 7 heteroatoms. The van der Waals surface area contributed by atoms with Crippen LogP contribution in [0.5, 0.6) is 0 Å². The first-order valence-electron chi connectivity index (χ1n) is 8.19. The molecule has 134 valence electrons. The van der Waals surface area contributed by atoms with Crippen molar-refractivity contribution in [2.24, 2.45) is 0 Å². The number of halogens is 1. The molecule has 6 nitrogen and oxygen atoms in total. The number of carbonyl (C=O) groups is 1. The number of aromatic nitrogens is 2. The summed E-state index contributed by atoms with van der Waals surface area (Å²) in [5.74, 6) is 0.990. The van der Waals surface area contributed by atoms with Crippen LogP contribution in [0, 0.1) is 6.92 Å². The van der Waals surface area contributed by atoms with Gasteiger partial charge in [-0.2, -0.15) is 0 Å². The minimum Gasteiger partial charge on any atom is -0.385 e. The number of benzene rings is 1. The molecule has 2 N–H and O–H groups in total. The lowest BCUT2D eigenvalue weighted by molar-refractivity contribution is 0.0943. The maximum absolute atomic E-state index is 12.2. The van der Waals surface area contributed by atoms with E-state index in [9.17, 15) is 4.79 Å². The maximum atomic E-state index is 12.2. The summed E-state index contributed by atoms with van der Waals surface area (Å²) >= 11 is 5.88. The van der Waals surface area contributed by atoms with E-state index in [1.54, 1.807) is 20.1 Å². The zero-order chi connectivity index (χ0) is 18.1. The van der Waals surface area contributed by atoms with Gasteiger partial charge in [-0.3, -0.25) is 4.79 Å². The zero-order valence-corrected chi connectivity index (χ0v) is 15.3. The number of ether oxygens (including phenoxy) is 1. The highest BCUT2D eigenvalue weighted by atomic mass is 35.5. The van der Waals surface area contributed by atoms with Crippen LogP contribution in [0.25, 0.3) is 0 Å². The number of nitrogens with zero attached hydrogens (tertiary/aromatic N) is 2. The van der Waals surface area contributed by atoms with Crippen LogP contribution in [0.2, 0.25) is 5.02 Å². The van der Waals surface area contributed by atoms with Gasteiger partial charge in [0.1, 0.15) is 17.3 Å². The van der Waals surface area contributed by atoms with Crippen LogP contribution in [0.15, 0.2) is 30.3 Å². The van der Waals surface area contributed by atoms with E-state index in [0.29, 0.717) is 37.0 Å². The van der Waals surface area contributed by atoms with Gasteiger partial charge in [-0.1, -0.05) is 23.7 Å². The molecular weight excluding hydrogens is 340 g/mol. The average molecular weight is 363 g/mol. The van der Waals surface area contributed by atoms with Crippen molar-refractivity contribution >= 4 is 23.3 Å². The molecule has 0 bridgehead atoms. The predicted molar refractivity (Wildman–Crippen MR) is 99.2 cm³/mol. The topological polar surface area (TPSA) is 76.1 Å². The Kier molecular flexibility index (Phi) is 7.63. The van der Waals surface area contributed by atoms with Gasteiger partial charge in [-0.15, -0.1) is 0 Å². The third kappa shape index (κ3) is 6.68. The summed E-state index contributed by atoms with van der Waals surface area (Å²) in [6.45, 7) is 3.63. The van der Waals surface area contributed by atoms with Gasteiger partial charge >= 0.3 is 0 Å². The fourth-order valence-corrected chi connectivity index (χ4v) is 2.40. The van der Waals surface area contributed by atoms with Gasteiger partial charge in [0.15, 0.2) is 0 Å². The SMILES string of the molecule is COCCCNC(=O)c1cc(NCCc2ccc(Cl)cc2)nc(C)n1. The monoisotopic (exact) mass is 362 g/mol. The first-order valence-corrected chi connectivity index (χ1v) is 8.57. The summed E-state index contributed by atoms with van der Waals surface area (Å²) in [7, 11) is 1.64. The predicted octanol–water partition coefficient (Wildman–Crippen LogP) is 2.86. The Morgan fingerprint density at radius 3 is 2.68 bits per heavy atom. The van der Waals surface area contributed by atoms with E-state index in [4.69, 9.17) is 16.3 Å². The van der Waals surface area contributed by atoms with Gasteiger partial charge < -0.3 is 15.4 Å². The molecule has 25 heavy (non-hydrogen) atoms. The van der Waals surface area contributed by atoms with Crippen LogP contribution in [0.1, 0.15) is 28.3 Å². The molecular formula is C18H23ClN4O2. The van der Waals surface area contributed by atoms with E-state index < -0.39 is 0 Å². The highest BCUT2D eigenvalue weighted by molar-refractivity contribution is 6.30. The summed E-state index contributed by atoms with van der Waals surface area (Å²) in [5, 5.41) is 6.79. The molecule has 0 atom stereocenters.